The topological polar surface area (TPSA) is 46.5 Å². The highest BCUT2D eigenvalue weighted by atomic mass is 16.5. The molecule has 3 heteroatoms. The minimum Gasteiger partial charge on any atom is -0.465 e. The van der Waals surface area contributed by atoms with Gasteiger partial charge in [0, 0.05) is 6.42 Å². The van der Waals surface area contributed by atoms with E-state index in [2.05, 4.69) is 26.7 Å². The van der Waals surface area contributed by atoms with Crippen molar-refractivity contribution in [1.29, 1.82) is 0 Å². The molecule has 0 aromatic heterocycles. The molecule has 1 aliphatic rings. The van der Waals surface area contributed by atoms with Crippen molar-refractivity contribution in [3.63, 3.8) is 0 Å². The van der Waals surface area contributed by atoms with Crippen molar-refractivity contribution < 1.29 is 14.6 Å². The number of terminal acetylenes is 1. The van der Waals surface area contributed by atoms with Crippen molar-refractivity contribution in [2.75, 3.05) is 6.61 Å². The van der Waals surface area contributed by atoms with Gasteiger partial charge >= 0.3 is 5.97 Å². The summed E-state index contributed by atoms with van der Waals surface area (Å²) in [6, 6.07) is 0. The third kappa shape index (κ3) is 10.4. The second kappa shape index (κ2) is 12.7. The van der Waals surface area contributed by atoms with Crippen LogP contribution in [0, 0.1) is 24.7 Å². The molecule has 1 N–H and O–H groups in total. The number of aliphatic hydroxyl groups is 1. The van der Waals surface area contributed by atoms with E-state index in [-0.39, 0.29) is 12.1 Å². The molecule has 1 saturated carbocycles. The Kier molecular flexibility index (Phi) is 12.1. The molecule has 0 saturated heterocycles. The lowest BCUT2D eigenvalue weighted by Crippen LogP contribution is -2.28. The average Bonchev–Trinajstić information content (AvgIpc) is 2.46. The highest BCUT2D eigenvalue weighted by Crippen LogP contribution is 2.29. The minimum absolute atomic E-state index is 0.0655. The Morgan fingerprint density at radius 3 is 2.43 bits per heavy atom. The van der Waals surface area contributed by atoms with Gasteiger partial charge in [0.2, 0.25) is 0 Å². The summed E-state index contributed by atoms with van der Waals surface area (Å²) in [6.45, 7) is 4.84. The number of esters is 1. The molecule has 0 radical (unpaired) electrons. The van der Waals surface area contributed by atoms with E-state index in [1.165, 1.54) is 19.3 Å². The van der Waals surface area contributed by atoms with E-state index in [4.69, 9.17) is 4.74 Å². The molecule has 3 unspecified atom stereocenters. The fraction of sp³-hybridized carbons (Fsp3) is 0.833. The third-order valence-corrected chi connectivity index (χ3v) is 3.98. The van der Waals surface area contributed by atoms with Crippen LogP contribution < -0.4 is 0 Å². The highest BCUT2D eigenvalue weighted by Gasteiger charge is 2.25. The smallest absolute Gasteiger partial charge is 0.305 e. The molecule has 0 aromatic rings. The van der Waals surface area contributed by atoms with Crippen LogP contribution >= 0.6 is 0 Å². The van der Waals surface area contributed by atoms with Gasteiger partial charge in [-0.1, -0.05) is 39.5 Å². The summed E-state index contributed by atoms with van der Waals surface area (Å²) >= 11 is 0. The number of hydrogen-bond acceptors (Lipinski definition) is 3. The van der Waals surface area contributed by atoms with Crippen molar-refractivity contribution >= 4 is 5.97 Å². The number of aliphatic hydroxyl groups excluding tert-OH is 1. The normalized spacial score (nSPS) is 24.7. The van der Waals surface area contributed by atoms with Gasteiger partial charge in [-0.15, -0.1) is 12.8 Å². The Morgan fingerprint density at radius 2 is 1.81 bits per heavy atom. The average molecular weight is 296 g/mol. The van der Waals surface area contributed by atoms with Gasteiger partial charge < -0.3 is 9.84 Å². The molecule has 1 fully saturated rings. The minimum atomic E-state index is -0.207. The molecule has 3 atom stereocenters. The summed E-state index contributed by atoms with van der Waals surface area (Å²) < 4.78 is 5.33. The van der Waals surface area contributed by atoms with Crippen LogP contribution in [-0.4, -0.2) is 23.8 Å². The SMILES string of the molecule is C#C.CCCCCCCC(=O)OCC1CC(C)CC(O)C1. The predicted octanol–water partition coefficient (Wildman–Crippen LogP) is 3.94. The van der Waals surface area contributed by atoms with Crippen LogP contribution in [0.4, 0.5) is 0 Å². The number of carbonyl (C=O) groups is 1. The summed E-state index contributed by atoms with van der Waals surface area (Å²) in [7, 11) is 0. The van der Waals surface area contributed by atoms with Crippen LogP contribution in [0.5, 0.6) is 0 Å². The molecule has 1 rings (SSSR count). The lowest BCUT2D eigenvalue weighted by Gasteiger charge is -2.30. The number of unbranched alkanes of at least 4 members (excludes halogenated alkanes) is 4. The molecule has 0 aromatic carbocycles. The Hall–Kier alpha value is -1.01. The largest absolute Gasteiger partial charge is 0.465 e. The number of carbonyl (C=O) groups excluding carboxylic acids is 1. The van der Waals surface area contributed by atoms with Gasteiger partial charge in [-0.05, 0) is 37.5 Å². The summed E-state index contributed by atoms with van der Waals surface area (Å²) in [5.74, 6) is 0.827. The van der Waals surface area contributed by atoms with Crippen LogP contribution in [0.3, 0.4) is 0 Å². The Bertz CT molecular complexity index is 275. The number of rotatable bonds is 8. The molecule has 122 valence electrons. The zero-order valence-electron chi connectivity index (χ0n) is 13.7. The number of hydrogen-bond donors (Lipinski definition) is 1. The predicted molar refractivity (Wildman–Crippen MR) is 86.7 cm³/mol. The second-order valence-electron chi connectivity index (χ2n) is 6.18. The van der Waals surface area contributed by atoms with Crippen LogP contribution in [0.15, 0.2) is 0 Å². The third-order valence-electron chi connectivity index (χ3n) is 3.98. The Morgan fingerprint density at radius 1 is 1.14 bits per heavy atom. The monoisotopic (exact) mass is 296 g/mol. The van der Waals surface area contributed by atoms with Gasteiger partial charge in [-0.3, -0.25) is 4.79 Å². The summed E-state index contributed by atoms with van der Waals surface area (Å²) in [6.07, 6.45) is 16.9. The molecule has 21 heavy (non-hydrogen) atoms. The Labute approximate surface area is 130 Å². The van der Waals surface area contributed by atoms with Gasteiger partial charge in [-0.2, -0.15) is 0 Å². The summed E-state index contributed by atoms with van der Waals surface area (Å²) in [5.41, 5.74) is 0. The fourth-order valence-electron chi connectivity index (χ4n) is 3.00. The molecule has 0 bridgehead atoms. The van der Waals surface area contributed by atoms with Crippen LogP contribution in [0.2, 0.25) is 0 Å². The van der Waals surface area contributed by atoms with Crippen molar-refractivity contribution in [2.24, 2.45) is 11.8 Å². The lowest BCUT2D eigenvalue weighted by molar-refractivity contribution is -0.146. The maximum absolute atomic E-state index is 11.6. The van der Waals surface area contributed by atoms with Gasteiger partial charge in [0.05, 0.1) is 12.7 Å². The quantitative estimate of drug-likeness (QED) is 0.419. The van der Waals surface area contributed by atoms with Crippen molar-refractivity contribution in [2.45, 2.75) is 77.7 Å². The van der Waals surface area contributed by atoms with E-state index in [0.717, 1.165) is 32.1 Å². The first-order valence-corrected chi connectivity index (χ1v) is 8.28. The standard InChI is InChI=1S/C16H30O3.C2H2/c1-3-4-5-6-7-8-16(18)19-12-14-9-13(2)10-15(17)11-14;1-2/h13-15,17H,3-12H2,1-2H3;1-2H. The molecule has 3 nitrogen and oxygen atoms in total. The lowest BCUT2D eigenvalue weighted by atomic mass is 9.81. The van der Waals surface area contributed by atoms with E-state index in [1.807, 2.05) is 0 Å². The number of ether oxygens (including phenoxy) is 1. The van der Waals surface area contributed by atoms with E-state index in [9.17, 15) is 9.90 Å². The van der Waals surface area contributed by atoms with Gasteiger partial charge in [0.1, 0.15) is 0 Å². The maximum Gasteiger partial charge on any atom is 0.305 e. The van der Waals surface area contributed by atoms with Crippen LogP contribution in [-0.2, 0) is 9.53 Å². The molecule has 0 aliphatic heterocycles. The van der Waals surface area contributed by atoms with E-state index >= 15 is 0 Å². The molecule has 0 heterocycles. The molecule has 0 amide bonds. The first kappa shape index (κ1) is 20.0. The van der Waals surface area contributed by atoms with Crippen molar-refractivity contribution in [3.05, 3.63) is 0 Å². The fourth-order valence-corrected chi connectivity index (χ4v) is 3.00. The van der Waals surface area contributed by atoms with Gasteiger partial charge in [0.15, 0.2) is 0 Å². The molecular weight excluding hydrogens is 264 g/mol. The van der Waals surface area contributed by atoms with Crippen molar-refractivity contribution in [1.82, 2.24) is 0 Å². The van der Waals surface area contributed by atoms with Crippen LogP contribution in [0.25, 0.3) is 0 Å². The maximum atomic E-state index is 11.6. The zero-order chi connectivity index (χ0) is 16.1. The van der Waals surface area contributed by atoms with E-state index < -0.39 is 0 Å². The van der Waals surface area contributed by atoms with E-state index in [0.29, 0.717) is 24.9 Å². The van der Waals surface area contributed by atoms with Crippen LogP contribution in [0.1, 0.15) is 71.6 Å². The molecular formula is C18H32O3. The summed E-state index contributed by atoms with van der Waals surface area (Å²) in [4.78, 5) is 11.6. The van der Waals surface area contributed by atoms with Gasteiger partial charge in [-0.25, -0.2) is 0 Å². The zero-order valence-corrected chi connectivity index (χ0v) is 13.7. The molecule has 1 aliphatic carbocycles. The second-order valence-corrected chi connectivity index (χ2v) is 6.18. The first-order chi connectivity index (χ1) is 10.1. The van der Waals surface area contributed by atoms with Crippen molar-refractivity contribution in [3.8, 4) is 12.8 Å². The van der Waals surface area contributed by atoms with E-state index in [1.54, 1.807) is 0 Å². The highest BCUT2D eigenvalue weighted by molar-refractivity contribution is 5.69. The van der Waals surface area contributed by atoms with Gasteiger partial charge in [0.25, 0.3) is 0 Å². The Balaban J connectivity index is 0.00000191. The summed E-state index contributed by atoms with van der Waals surface area (Å²) in [5, 5.41) is 9.70. The first-order valence-electron chi connectivity index (χ1n) is 8.28. The molecule has 0 spiro atoms.